The monoisotopic (exact) mass is 159 g/mol. The van der Waals surface area contributed by atoms with Gasteiger partial charge in [0.15, 0.2) is 0 Å². The van der Waals surface area contributed by atoms with Crippen molar-refractivity contribution >= 4 is 0 Å². The minimum absolute atomic E-state index is 0.270. The molecule has 1 aliphatic rings. The Bertz CT molecular complexity index is 116. The number of alkyl halides is 1. The molecule has 1 fully saturated rings. The molecule has 66 valence electrons. The van der Waals surface area contributed by atoms with Crippen LogP contribution in [0.1, 0.15) is 26.7 Å². The van der Waals surface area contributed by atoms with Crippen LogP contribution < -0.4 is 0 Å². The molecule has 0 bridgehead atoms. The summed E-state index contributed by atoms with van der Waals surface area (Å²) in [4.78, 5) is 2.20. The normalized spacial score (nSPS) is 35.2. The van der Waals surface area contributed by atoms with E-state index in [2.05, 4.69) is 11.8 Å². The molecule has 0 aromatic heterocycles. The van der Waals surface area contributed by atoms with Crippen molar-refractivity contribution in [2.24, 2.45) is 5.92 Å². The predicted molar refractivity (Wildman–Crippen MR) is 45.4 cm³/mol. The summed E-state index contributed by atoms with van der Waals surface area (Å²) >= 11 is 0. The third-order valence-electron chi connectivity index (χ3n) is 2.63. The predicted octanol–water partition coefficient (Wildman–Crippen LogP) is 2.08. The van der Waals surface area contributed by atoms with Crippen molar-refractivity contribution in [2.75, 3.05) is 19.6 Å². The van der Waals surface area contributed by atoms with E-state index in [0.29, 0.717) is 6.54 Å². The fraction of sp³-hybridized carbons (Fsp3) is 1.00. The van der Waals surface area contributed by atoms with Crippen molar-refractivity contribution in [3.8, 4) is 0 Å². The first-order valence-electron chi connectivity index (χ1n) is 4.60. The van der Waals surface area contributed by atoms with Gasteiger partial charge in [0.05, 0.1) is 0 Å². The second-order valence-corrected chi connectivity index (χ2v) is 3.53. The summed E-state index contributed by atoms with van der Waals surface area (Å²) in [6.07, 6.45) is 1.62. The lowest BCUT2D eigenvalue weighted by atomic mass is 10.0. The molecular formula is C9H18FN. The highest BCUT2D eigenvalue weighted by molar-refractivity contribution is 4.74. The van der Waals surface area contributed by atoms with Gasteiger partial charge in [-0.05, 0) is 31.8 Å². The van der Waals surface area contributed by atoms with Crippen molar-refractivity contribution < 1.29 is 4.39 Å². The van der Waals surface area contributed by atoms with Crippen LogP contribution in [0.5, 0.6) is 0 Å². The third kappa shape index (κ3) is 2.44. The molecular weight excluding hydrogens is 141 g/mol. The molecule has 0 aliphatic carbocycles. The van der Waals surface area contributed by atoms with Crippen LogP contribution in [0.3, 0.4) is 0 Å². The molecule has 11 heavy (non-hydrogen) atoms. The van der Waals surface area contributed by atoms with Gasteiger partial charge in [-0.15, -0.1) is 0 Å². The molecule has 1 heterocycles. The molecule has 2 heteroatoms. The van der Waals surface area contributed by atoms with E-state index >= 15 is 0 Å². The summed E-state index contributed by atoms with van der Waals surface area (Å²) in [5.41, 5.74) is 0. The summed E-state index contributed by atoms with van der Waals surface area (Å²) in [7, 11) is 0. The average molecular weight is 159 g/mol. The maximum absolute atomic E-state index is 13.2. The third-order valence-corrected chi connectivity index (χ3v) is 2.63. The number of rotatable bonds is 1. The molecule has 0 amide bonds. The molecule has 0 aromatic rings. The molecule has 2 unspecified atom stereocenters. The van der Waals surface area contributed by atoms with Gasteiger partial charge < -0.3 is 4.90 Å². The number of hydrogen-bond donors (Lipinski definition) is 0. The minimum Gasteiger partial charge on any atom is -0.301 e. The molecule has 0 aromatic carbocycles. The van der Waals surface area contributed by atoms with Crippen LogP contribution in [0.15, 0.2) is 0 Å². The topological polar surface area (TPSA) is 3.24 Å². The van der Waals surface area contributed by atoms with Gasteiger partial charge in [-0.2, -0.15) is 0 Å². The lowest BCUT2D eigenvalue weighted by Crippen LogP contribution is -2.30. The number of halogens is 1. The van der Waals surface area contributed by atoms with Gasteiger partial charge in [0.2, 0.25) is 0 Å². The Balaban J connectivity index is 2.41. The van der Waals surface area contributed by atoms with Crippen LogP contribution in [-0.4, -0.2) is 30.7 Å². The Kier molecular flexibility index (Phi) is 3.31. The minimum atomic E-state index is -0.600. The fourth-order valence-corrected chi connectivity index (χ4v) is 1.62. The van der Waals surface area contributed by atoms with E-state index in [1.165, 1.54) is 0 Å². The summed E-state index contributed by atoms with van der Waals surface area (Å²) in [6.45, 7) is 6.85. The van der Waals surface area contributed by atoms with Crippen molar-refractivity contribution in [3.63, 3.8) is 0 Å². The maximum Gasteiger partial charge on any atom is 0.115 e. The van der Waals surface area contributed by atoms with Gasteiger partial charge in [-0.1, -0.05) is 13.8 Å². The average Bonchev–Trinajstić information content (AvgIpc) is 2.15. The van der Waals surface area contributed by atoms with Crippen LogP contribution in [-0.2, 0) is 0 Å². The molecule has 0 spiro atoms. The Morgan fingerprint density at radius 3 is 2.91 bits per heavy atom. The second-order valence-electron chi connectivity index (χ2n) is 3.53. The molecule has 1 aliphatic heterocycles. The van der Waals surface area contributed by atoms with E-state index in [1.807, 2.05) is 6.92 Å². The summed E-state index contributed by atoms with van der Waals surface area (Å²) in [6, 6.07) is 0. The van der Waals surface area contributed by atoms with E-state index in [4.69, 9.17) is 0 Å². The summed E-state index contributed by atoms with van der Waals surface area (Å²) in [5, 5.41) is 0. The van der Waals surface area contributed by atoms with Crippen LogP contribution in [0.4, 0.5) is 4.39 Å². The lowest BCUT2D eigenvalue weighted by Gasteiger charge is -2.19. The van der Waals surface area contributed by atoms with Gasteiger partial charge in [0.25, 0.3) is 0 Å². The van der Waals surface area contributed by atoms with E-state index in [1.54, 1.807) is 0 Å². The van der Waals surface area contributed by atoms with Gasteiger partial charge in [-0.25, -0.2) is 4.39 Å². The Labute approximate surface area is 68.6 Å². The van der Waals surface area contributed by atoms with E-state index in [0.717, 1.165) is 25.9 Å². The zero-order valence-corrected chi connectivity index (χ0v) is 7.52. The zero-order valence-electron chi connectivity index (χ0n) is 7.52. The van der Waals surface area contributed by atoms with Gasteiger partial charge in [0, 0.05) is 6.54 Å². The molecule has 0 saturated carbocycles. The van der Waals surface area contributed by atoms with Crippen LogP contribution in [0, 0.1) is 5.92 Å². The Morgan fingerprint density at radius 2 is 2.27 bits per heavy atom. The molecule has 0 radical (unpaired) electrons. The Morgan fingerprint density at radius 1 is 1.55 bits per heavy atom. The molecule has 0 N–H and O–H groups in total. The number of nitrogens with zero attached hydrogens (tertiary/aromatic N) is 1. The van der Waals surface area contributed by atoms with Crippen LogP contribution >= 0.6 is 0 Å². The molecule has 1 nitrogen and oxygen atoms in total. The maximum atomic E-state index is 13.2. The largest absolute Gasteiger partial charge is 0.301 e. The highest BCUT2D eigenvalue weighted by atomic mass is 19.1. The zero-order chi connectivity index (χ0) is 8.27. The van der Waals surface area contributed by atoms with E-state index in [-0.39, 0.29) is 5.92 Å². The standard InChI is InChI=1S/C9H18FN/c1-3-11-6-4-5-8(2)9(10)7-11/h8-9H,3-7H2,1-2H3. The van der Waals surface area contributed by atoms with E-state index in [9.17, 15) is 4.39 Å². The van der Waals surface area contributed by atoms with Crippen molar-refractivity contribution in [1.82, 2.24) is 4.90 Å². The van der Waals surface area contributed by atoms with Crippen molar-refractivity contribution in [1.29, 1.82) is 0 Å². The molecule has 1 saturated heterocycles. The highest BCUT2D eigenvalue weighted by Gasteiger charge is 2.22. The van der Waals surface area contributed by atoms with Gasteiger partial charge in [0.1, 0.15) is 6.17 Å². The smallest absolute Gasteiger partial charge is 0.115 e. The second kappa shape index (κ2) is 4.05. The quantitative estimate of drug-likeness (QED) is 0.566. The van der Waals surface area contributed by atoms with E-state index < -0.39 is 6.17 Å². The lowest BCUT2D eigenvalue weighted by molar-refractivity contribution is 0.181. The van der Waals surface area contributed by atoms with Crippen molar-refractivity contribution in [2.45, 2.75) is 32.9 Å². The summed E-state index contributed by atoms with van der Waals surface area (Å²) in [5.74, 6) is 0.270. The summed E-state index contributed by atoms with van der Waals surface area (Å²) < 4.78 is 13.2. The molecule has 1 rings (SSSR count). The Hall–Kier alpha value is -0.110. The number of likely N-dealkylation sites (tertiary alicyclic amines) is 1. The molecule has 2 atom stereocenters. The number of hydrogen-bond acceptors (Lipinski definition) is 1. The first-order valence-corrected chi connectivity index (χ1v) is 4.60. The first kappa shape index (κ1) is 8.98. The highest BCUT2D eigenvalue weighted by Crippen LogP contribution is 2.19. The van der Waals surface area contributed by atoms with Gasteiger partial charge >= 0.3 is 0 Å². The van der Waals surface area contributed by atoms with Gasteiger partial charge in [-0.3, -0.25) is 0 Å². The van der Waals surface area contributed by atoms with Crippen molar-refractivity contribution in [3.05, 3.63) is 0 Å². The van der Waals surface area contributed by atoms with Crippen LogP contribution in [0.2, 0.25) is 0 Å². The van der Waals surface area contributed by atoms with Crippen LogP contribution in [0.25, 0.3) is 0 Å². The fourth-order valence-electron chi connectivity index (χ4n) is 1.62. The SMILES string of the molecule is CCN1CCCC(C)C(F)C1. The first-order chi connectivity index (χ1) is 5.24.